The van der Waals surface area contributed by atoms with Crippen molar-refractivity contribution in [3.63, 3.8) is 0 Å². The first-order valence-electron chi connectivity index (χ1n) is 9.95. The van der Waals surface area contributed by atoms with Gasteiger partial charge in [-0.05, 0) is 40.2 Å². The molecule has 0 bridgehead atoms. The van der Waals surface area contributed by atoms with E-state index in [1.54, 1.807) is 27.7 Å². The number of nitrogens with two attached hydrogens (primary N) is 1. The Morgan fingerprint density at radius 3 is 2.53 bits per heavy atom. The van der Waals surface area contributed by atoms with Crippen LogP contribution in [0, 0.1) is 5.82 Å². The summed E-state index contributed by atoms with van der Waals surface area (Å²) in [7, 11) is 0. The number of carbonyl (C=O) groups excluding carboxylic acids is 2. The highest BCUT2D eigenvalue weighted by Crippen LogP contribution is 2.26. The summed E-state index contributed by atoms with van der Waals surface area (Å²) in [6.07, 6.45) is -0.615. The lowest BCUT2D eigenvalue weighted by Crippen LogP contribution is -2.37. The molecule has 174 valence electrons. The number of hydrogen-bond donors (Lipinski definition) is 3. The normalized spacial score (nSPS) is 12.1. The number of aromatic nitrogens is 2. The van der Waals surface area contributed by atoms with E-state index < -0.39 is 29.5 Å². The Balaban J connectivity index is 2.14. The zero-order chi connectivity index (χ0) is 24.1. The molecular formula is C21H27ClFN5O4. The Morgan fingerprint density at radius 2 is 1.94 bits per heavy atom. The number of carbonyl (C=O) groups is 2. The van der Waals surface area contributed by atoms with Crippen LogP contribution >= 0.6 is 11.6 Å². The minimum atomic E-state index is -0.805. The molecule has 1 aromatic carbocycles. The molecule has 0 radical (unpaired) electrons. The second kappa shape index (κ2) is 10.4. The summed E-state index contributed by atoms with van der Waals surface area (Å²) in [5.41, 5.74) is 5.31. The number of benzene rings is 1. The number of ether oxygens (including phenoxy) is 2. The van der Waals surface area contributed by atoms with Gasteiger partial charge in [0.1, 0.15) is 23.3 Å². The molecule has 11 heteroatoms. The van der Waals surface area contributed by atoms with E-state index in [1.165, 1.54) is 18.2 Å². The van der Waals surface area contributed by atoms with Crippen molar-refractivity contribution >= 4 is 35.1 Å². The predicted molar refractivity (Wildman–Crippen MR) is 119 cm³/mol. The minimum absolute atomic E-state index is 0.00380. The van der Waals surface area contributed by atoms with Crippen LogP contribution in [-0.4, -0.2) is 40.2 Å². The van der Waals surface area contributed by atoms with Crippen LogP contribution in [0.15, 0.2) is 18.2 Å². The molecule has 0 fully saturated rings. The average molecular weight is 468 g/mol. The fourth-order valence-electron chi connectivity index (χ4n) is 2.59. The molecule has 0 unspecified atom stereocenters. The molecular weight excluding hydrogens is 441 g/mol. The van der Waals surface area contributed by atoms with Gasteiger partial charge in [-0.1, -0.05) is 18.5 Å². The molecule has 0 spiro atoms. The fourth-order valence-corrected chi connectivity index (χ4v) is 2.85. The van der Waals surface area contributed by atoms with E-state index in [2.05, 4.69) is 20.6 Å². The molecule has 32 heavy (non-hydrogen) atoms. The summed E-state index contributed by atoms with van der Waals surface area (Å²) in [4.78, 5) is 31.8. The molecule has 2 aromatic rings. The third-order valence-corrected chi connectivity index (χ3v) is 4.19. The van der Waals surface area contributed by atoms with Gasteiger partial charge in [0, 0.05) is 17.8 Å². The summed E-state index contributed by atoms with van der Waals surface area (Å²) in [6.45, 7) is 8.91. The van der Waals surface area contributed by atoms with Crippen LogP contribution in [0.25, 0.3) is 0 Å². The van der Waals surface area contributed by atoms with Gasteiger partial charge in [0.05, 0.1) is 12.2 Å². The quantitative estimate of drug-likeness (QED) is 0.535. The molecule has 2 amide bonds. The number of aryl methyl sites for hydroxylation is 1. The van der Waals surface area contributed by atoms with E-state index in [-0.39, 0.29) is 34.6 Å². The van der Waals surface area contributed by atoms with Crippen molar-refractivity contribution in [3.05, 3.63) is 40.6 Å². The van der Waals surface area contributed by atoms with Gasteiger partial charge >= 0.3 is 6.09 Å². The number of amides is 2. The van der Waals surface area contributed by atoms with Crippen molar-refractivity contribution < 1.29 is 23.5 Å². The zero-order valence-corrected chi connectivity index (χ0v) is 19.3. The average Bonchev–Trinajstić information content (AvgIpc) is 2.64. The maximum atomic E-state index is 14.2. The summed E-state index contributed by atoms with van der Waals surface area (Å²) in [5.74, 6) is -1.21. The number of rotatable bonds is 8. The highest BCUT2D eigenvalue weighted by molar-refractivity contribution is 6.30. The Hall–Kier alpha value is -3.14. The van der Waals surface area contributed by atoms with Crippen molar-refractivity contribution in [3.8, 4) is 5.75 Å². The van der Waals surface area contributed by atoms with E-state index >= 15 is 0 Å². The van der Waals surface area contributed by atoms with Crippen LogP contribution in [-0.2, 0) is 11.2 Å². The number of hydrogen-bond acceptors (Lipinski definition) is 7. The van der Waals surface area contributed by atoms with Crippen molar-refractivity contribution in [2.24, 2.45) is 5.73 Å². The minimum Gasteiger partial charge on any atom is -0.489 e. The smallest absolute Gasteiger partial charge is 0.407 e. The first kappa shape index (κ1) is 25.1. The maximum absolute atomic E-state index is 14.2. The molecule has 2 rings (SSSR count). The lowest BCUT2D eigenvalue weighted by molar-refractivity contribution is 0.0504. The third kappa shape index (κ3) is 7.52. The van der Waals surface area contributed by atoms with Crippen LogP contribution < -0.4 is 21.1 Å². The second-order valence-corrected chi connectivity index (χ2v) is 8.35. The topological polar surface area (TPSA) is 128 Å². The molecule has 0 saturated carbocycles. The van der Waals surface area contributed by atoms with Crippen LogP contribution in [0.5, 0.6) is 5.75 Å². The van der Waals surface area contributed by atoms with E-state index in [1.807, 2.05) is 6.92 Å². The van der Waals surface area contributed by atoms with Crippen LogP contribution in [0.2, 0.25) is 5.15 Å². The second-order valence-electron chi connectivity index (χ2n) is 7.99. The van der Waals surface area contributed by atoms with Crippen molar-refractivity contribution in [1.29, 1.82) is 0 Å². The van der Waals surface area contributed by atoms with Crippen LogP contribution in [0.1, 0.15) is 50.8 Å². The van der Waals surface area contributed by atoms with Gasteiger partial charge in [0.2, 0.25) is 0 Å². The number of alkyl carbamates (subject to hydrolysis) is 1. The molecule has 0 aliphatic carbocycles. The molecule has 0 saturated heterocycles. The lowest BCUT2D eigenvalue weighted by atomic mass is 10.2. The number of primary amides is 1. The van der Waals surface area contributed by atoms with E-state index in [4.69, 9.17) is 26.8 Å². The number of nitrogens with one attached hydrogen (secondary N) is 2. The van der Waals surface area contributed by atoms with Gasteiger partial charge in [0.15, 0.2) is 16.7 Å². The molecule has 1 heterocycles. The first-order valence-corrected chi connectivity index (χ1v) is 10.3. The molecule has 4 N–H and O–H groups in total. The van der Waals surface area contributed by atoms with E-state index in [0.717, 1.165) is 0 Å². The highest BCUT2D eigenvalue weighted by atomic mass is 35.5. The Bertz CT molecular complexity index is 997. The zero-order valence-electron chi connectivity index (χ0n) is 18.6. The molecule has 1 atom stereocenters. The molecule has 0 aliphatic rings. The molecule has 9 nitrogen and oxygen atoms in total. The third-order valence-electron chi connectivity index (χ3n) is 3.89. The summed E-state index contributed by atoms with van der Waals surface area (Å²) >= 11 is 6.09. The monoisotopic (exact) mass is 467 g/mol. The van der Waals surface area contributed by atoms with E-state index in [9.17, 15) is 14.0 Å². The summed E-state index contributed by atoms with van der Waals surface area (Å²) < 4.78 is 25.0. The summed E-state index contributed by atoms with van der Waals surface area (Å²) in [6, 6.07) is 3.87. The molecule has 1 aromatic heterocycles. The SMILES string of the molecule is CCc1nc(C(N)=O)c(Nc2cc(F)cc(O[C@@H](C)CNC(=O)OC(C)(C)C)c2)nc1Cl. The van der Waals surface area contributed by atoms with Crippen molar-refractivity contribution in [2.45, 2.75) is 52.7 Å². The highest BCUT2D eigenvalue weighted by Gasteiger charge is 2.18. The van der Waals surface area contributed by atoms with Gasteiger partial charge in [-0.25, -0.2) is 19.2 Å². The largest absolute Gasteiger partial charge is 0.489 e. The van der Waals surface area contributed by atoms with Crippen molar-refractivity contribution in [2.75, 3.05) is 11.9 Å². The van der Waals surface area contributed by atoms with Gasteiger partial charge < -0.3 is 25.8 Å². The van der Waals surface area contributed by atoms with Crippen molar-refractivity contribution in [1.82, 2.24) is 15.3 Å². The predicted octanol–water partition coefficient (Wildman–Crippen LogP) is 3.97. The van der Waals surface area contributed by atoms with Gasteiger partial charge in [-0.3, -0.25) is 4.79 Å². The Kier molecular flexibility index (Phi) is 8.20. The lowest BCUT2D eigenvalue weighted by Gasteiger charge is -2.21. The standard InChI is InChI=1S/C21H27ClFN5O4/c1-6-15-17(22)28-19(16(27-15)18(24)29)26-13-7-12(23)8-14(9-13)31-11(2)10-25-20(30)32-21(3,4)5/h7-9,11H,6,10H2,1-5H3,(H2,24,29)(H,25,30)(H,26,28)/t11-/m0/s1. The Labute approximate surface area is 190 Å². The van der Waals surface area contributed by atoms with Crippen LogP contribution in [0.4, 0.5) is 20.7 Å². The van der Waals surface area contributed by atoms with Crippen LogP contribution in [0.3, 0.4) is 0 Å². The maximum Gasteiger partial charge on any atom is 0.407 e. The number of nitrogens with zero attached hydrogens (tertiary/aromatic N) is 2. The molecule has 0 aliphatic heterocycles. The van der Waals surface area contributed by atoms with Gasteiger partial charge in [-0.15, -0.1) is 0 Å². The van der Waals surface area contributed by atoms with Gasteiger partial charge in [0.25, 0.3) is 5.91 Å². The summed E-state index contributed by atoms with van der Waals surface area (Å²) in [5, 5.41) is 5.50. The fraction of sp³-hybridized carbons (Fsp3) is 0.429. The Morgan fingerprint density at radius 1 is 1.25 bits per heavy atom. The van der Waals surface area contributed by atoms with Gasteiger partial charge in [-0.2, -0.15) is 0 Å². The number of halogens is 2. The first-order chi connectivity index (χ1) is 14.9. The number of anilines is 2. The van der Waals surface area contributed by atoms with E-state index in [0.29, 0.717) is 12.1 Å².